The number of amides is 1. The molecule has 28 heavy (non-hydrogen) atoms. The maximum atomic E-state index is 12.9. The summed E-state index contributed by atoms with van der Waals surface area (Å²) in [6, 6.07) is 10.0. The zero-order valence-corrected chi connectivity index (χ0v) is 17.5. The molecule has 1 aromatic heterocycles. The van der Waals surface area contributed by atoms with E-state index in [0.29, 0.717) is 19.5 Å². The Morgan fingerprint density at radius 3 is 2.75 bits per heavy atom. The lowest BCUT2D eigenvalue weighted by molar-refractivity contribution is -0.132. The minimum atomic E-state index is -3.21. The molecule has 1 saturated heterocycles. The van der Waals surface area contributed by atoms with Gasteiger partial charge in [0.1, 0.15) is 5.01 Å². The Labute approximate surface area is 170 Å². The zero-order valence-electron chi connectivity index (χ0n) is 15.9. The molecule has 4 rings (SSSR count). The summed E-state index contributed by atoms with van der Waals surface area (Å²) in [5.41, 5.74) is 1.11. The number of rotatable bonds is 5. The van der Waals surface area contributed by atoms with Crippen LogP contribution >= 0.6 is 11.3 Å². The van der Waals surface area contributed by atoms with Gasteiger partial charge in [0, 0.05) is 47.6 Å². The Morgan fingerprint density at radius 1 is 1.21 bits per heavy atom. The molecular weight excluding hydrogens is 394 g/mol. The van der Waals surface area contributed by atoms with E-state index in [2.05, 4.69) is 21.8 Å². The summed E-state index contributed by atoms with van der Waals surface area (Å²) in [5.74, 6) is 0.527. The molecule has 1 amide bonds. The highest BCUT2D eigenvalue weighted by molar-refractivity contribution is 7.88. The number of sulfonamides is 1. The monoisotopic (exact) mass is 419 g/mol. The number of hydrogen-bond acceptors (Lipinski definition) is 5. The number of thiazole rings is 1. The van der Waals surface area contributed by atoms with Crippen LogP contribution in [0, 0.1) is 5.92 Å². The smallest absolute Gasteiger partial charge is 0.226 e. The van der Waals surface area contributed by atoms with Gasteiger partial charge >= 0.3 is 0 Å². The number of benzene rings is 1. The van der Waals surface area contributed by atoms with Crippen molar-refractivity contribution in [3.05, 3.63) is 41.4 Å². The number of carbonyl (C=O) groups excluding carboxylic acids is 1. The highest BCUT2D eigenvalue weighted by Gasteiger charge is 2.47. The van der Waals surface area contributed by atoms with Gasteiger partial charge in [-0.1, -0.05) is 30.3 Å². The fourth-order valence-corrected chi connectivity index (χ4v) is 5.87. The molecule has 1 saturated carbocycles. The molecule has 0 spiro atoms. The molecule has 1 N–H and O–H groups in total. The average Bonchev–Trinajstić information content (AvgIpc) is 3.37. The number of nitrogens with zero attached hydrogens (tertiary/aromatic N) is 2. The van der Waals surface area contributed by atoms with Crippen molar-refractivity contribution < 1.29 is 13.2 Å². The first-order chi connectivity index (χ1) is 13.4. The normalized spacial score (nSPS) is 25.3. The fourth-order valence-electron chi connectivity index (χ4n) is 3.93. The topological polar surface area (TPSA) is 79.4 Å². The van der Waals surface area contributed by atoms with Crippen molar-refractivity contribution in [2.45, 2.75) is 37.6 Å². The van der Waals surface area contributed by atoms with Crippen LogP contribution < -0.4 is 4.72 Å². The number of aromatic nitrogens is 1. The van der Waals surface area contributed by atoms with Gasteiger partial charge in [0.25, 0.3) is 0 Å². The minimum absolute atomic E-state index is 0.0449. The predicted molar refractivity (Wildman–Crippen MR) is 111 cm³/mol. The first-order valence-corrected chi connectivity index (χ1v) is 12.4. The summed E-state index contributed by atoms with van der Waals surface area (Å²) < 4.78 is 25.6. The molecule has 0 bridgehead atoms. The standard InChI is InChI=1S/C20H25N3O3S2/c1-28(25,26)22-15-8-5-10-23(11-9-15)20(24)17-12-16(17)18-13-21-19(27-18)14-6-3-2-4-7-14/h2-4,6-7,13,15-17,22H,5,8-12H2,1H3/t15-,16+,17+/m0/s1. The van der Waals surface area contributed by atoms with E-state index in [4.69, 9.17) is 0 Å². The molecule has 8 heteroatoms. The highest BCUT2D eigenvalue weighted by Crippen LogP contribution is 2.51. The van der Waals surface area contributed by atoms with Gasteiger partial charge < -0.3 is 4.90 Å². The maximum absolute atomic E-state index is 12.9. The molecule has 0 unspecified atom stereocenters. The van der Waals surface area contributed by atoms with Gasteiger partial charge in [-0.05, 0) is 25.7 Å². The summed E-state index contributed by atoms with van der Waals surface area (Å²) in [5, 5.41) is 0.998. The van der Waals surface area contributed by atoms with Crippen LogP contribution in [0.2, 0.25) is 0 Å². The Balaban J connectivity index is 1.35. The van der Waals surface area contributed by atoms with E-state index in [1.165, 1.54) is 11.1 Å². The number of hydrogen-bond donors (Lipinski definition) is 1. The lowest BCUT2D eigenvalue weighted by Crippen LogP contribution is -2.36. The van der Waals surface area contributed by atoms with Crippen molar-refractivity contribution in [3.8, 4) is 10.6 Å². The van der Waals surface area contributed by atoms with Crippen molar-refractivity contribution in [2.24, 2.45) is 5.92 Å². The van der Waals surface area contributed by atoms with E-state index in [0.717, 1.165) is 29.8 Å². The van der Waals surface area contributed by atoms with Crippen LogP contribution in [0.5, 0.6) is 0 Å². The summed E-state index contributed by atoms with van der Waals surface area (Å²) in [6.45, 7) is 1.33. The Hall–Kier alpha value is -1.77. The summed E-state index contributed by atoms with van der Waals surface area (Å²) in [4.78, 5) is 20.6. The number of likely N-dealkylation sites (tertiary alicyclic amines) is 1. The number of nitrogens with one attached hydrogen (secondary N) is 1. The lowest BCUT2D eigenvalue weighted by Gasteiger charge is -2.21. The van der Waals surface area contributed by atoms with Crippen molar-refractivity contribution in [1.82, 2.24) is 14.6 Å². The lowest BCUT2D eigenvalue weighted by atomic mass is 10.1. The Bertz CT molecular complexity index is 943. The predicted octanol–water partition coefficient (Wildman–Crippen LogP) is 2.84. The van der Waals surface area contributed by atoms with Gasteiger partial charge in [0.2, 0.25) is 15.9 Å². The molecule has 6 nitrogen and oxygen atoms in total. The Morgan fingerprint density at radius 2 is 2.00 bits per heavy atom. The van der Waals surface area contributed by atoms with Crippen LogP contribution in [0.15, 0.2) is 36.5 Å². The molecule has 2 fully saturated rings. The second kappa shape index (κ2) is 7.93. The first kappa shape index (κ1) is 19.5. The van der Waals surface area contributed by atoms with Gasteiger partial charge in [-0.3, -0.25) is 4.79 Å². The maximum Gasteiger partial charge on any atom is 0.226 e. The molecule has 2 aromatic rings. The van der Waals surface area contributed by atoms with Crippen molar-refractivity contribution in [3.63, 3.8) is 0 Å². The third kappa shape index (κ3) is 4.61. The van der Waals surface area contributed by atoms with Crippen LogP contribution in [0.3, 0.4) is 0 Å². The summed E-state index contributed by atoms with van der Waals surface area (Å²) >= 11 is 1.68. The van der Waals surface area contributed by atoms with Crippen LogP contribution in [0.4, 0.5) is 0 Å². The Kier molecular flexibility index (Phi) is 5.53. The second-order valence-electron chi connectivity index (χ2n) is 7.73. The molecule has 1 aromatic carbocycles. The van der Waals surface area contributed by atoms with Crippen LogP contribution in [0.1, 0.15) is 36.5 Å². The number of carbonyl (C=O) groups is 1. The van der Waals surface area contributed by atoms with Crippen LogP contribution in [0.25, 0.3) is 10.6 Å². The zero-order chi connectivity index (χ0) is 19.7. The highest BCUT2D eigenvalue weighted by atomic mass is 32.2. The van der Waals surface area contributed by atoms with Gasteiger partial charge in [-0.25, -0.2) is 18.1 Å². The molecule has 2 aliphatic rings. The summed E-state index contributed by atoms with van der Waals surface area (Å²) in [6.07, 6.45) is 6.27. The van der Waals surface area contributed by atoms with E-state index >= 15 is 0 Å². The van der Waals surface area contributed by atoms with Gasteiger partial charge in [0.05, 0.1) is 6.26 Å². The van der Waals surface area contributed by atoms with Crippen molar-refractivity contribution in [2.75, 3.05) is 19.3 Å². The van der Waals surface area contributed by atoms with Crippen molar-refractivity contribution >= 4 is 27.3 Å². The molecule has 2 heterocycles. The molecule has 0 radical (unpaired) electrons. The summed E-state index contributed by atoms with van der Waals surface area (Å²) in [7, 11) is -3.21. The van der Waals surface area contributed by atoms with Crippen LogP contribution in [-0.2, 0) is 14.8 Å². The average molecular weight is 420 g/mol. The largest absolute Gasteiger partial charge is 0.342 e. The molecule has 150 valence electrons. The fraction of sp³-hybridized carbons (Fsp3) is 0.500. The third-order valence-corrected chi connectivity index (χ3v) is 7.38. The van der Waals surface area contributed by atoms with Gasteiger partial charge in [-0.15, -0.1) is 11.3 Å². The SMILES string of the molecule is CS(=O)(=O)N[C@H]1CCCN(C(=O)[C@@H]2C[C@H]2c2cnc(-c3ccccc3)s2)CC1. The molecule has 1 aliphatic heterocycles. The minimum Gasteiger partial charge on any atom is -0.342 e. The van der Waals surface area contributed by atoms with Gasteiger partial charge in [-0.2, -0.15) is 0 Å². The van der Waals surface area contributed by atoms with E-state index < -0.39 is 10.0 Å². The van der Waals surface area contributed by atoms with E-state index in [-0.39, 0.29) is 23.8 Å². The second-order valence-corrected chi connectivity index (χ2v) is 10.6. The third-order valence-electron chi connectivity index (χ3n) is 5.44. The first-order valence-electron chi connectivity index (χ1n) is 9.68. The van der Waals surface area contributed by atoms with E-state index in [1.54, 1.807) is 11.3 Å². The quantitative estimate of drug-likeness (QED) is 0.808. The van der Waals surface area contributed by atoms with E-state index in [1.807, 2.05) is 29.3 Å². The van der Waals surface area contributed by atoms with Crippen molar-refractivity contribution in [1.29, 1.82) is 0 Å². The molecule has 3 atom stereocenters. The van der Waals surface area contributed by atoms with E-state index in [9.17, 15) is 13.2 Å². The van der Waals surface area contributed by atoms with Gasteiger partial charge in [0.15, 0.2) is 0 Å². The molecular formula is C20H25N3O3S2. The molecule has 1 aliphatic carbocycles. The van der Waals surface area contributed by atoms with Crippen LogP contribution in [-0.4, -0.2) is 49.6 Å².